The summed E-state index contributed by atoms with van der Waals surface area (Å²) in [5, 5.41) is 95.7. The molecule has 9 N–H and O–H groups in total. The van der Waals surface area contributed by atoms with E-state index < -0.39 is 97.2 Å². The molecule has 1 heterocycles. The van der Waals surface area contributed by atoms with Crippen molar-refractivity contribution in [2.45, 2.75) is 180 Å². The van der Waals surface area contributed by atoms with E-state index in [-0.39, 0.29) is 51.9 Å². The molecule has 0 aromatic carbocycles. The molecule has 1 aliphatic heterocycles. The van der Waals surface area contributed by atoms with Crippen LogP contribution in [0, 0.1) is 56.2 Å². The number of fused-ring (bicyclic) bond motifs is 7. The zero-order chi connectivity index (χ0) is 41.1. The van der Waals surface area contributed by atoms with Crippen LogP contribution in [-0.2, 0) is 19.0 Å². The maximum atomic E-state index is 14.7. The molecule has 7 aliphatic rings. The minimum absolute atomic E-state index is 0.00531. The largest absolute Gasteiger partial charge is 0.459 e. The lowest BCUT2D eigenvalue weighted by molar-refractivity contribution is -0.330. The van der Waals surface area contributed by atoms with E-state index in [4.69, 9.17) is 14.2 Å². The van der Waals surface area contributed by atoms with Gasteiger partial charge in [-0.05, 0) is 109 Å². The van der Waals surface area contributed by atoms with Gasteiger partial charge >= 0.3 is 5.97 Å². The molecule has 0 radical (unpaired) electrons. The van der Waals surface area contributed by atoms with Crippen LogP contribution in [0.15, 0.2) is 11.6 Å². The minimum atomic E-state index is -1.58. The lowest BCUT2D eigenvalue weighted by Gasteiger charge is -2.72. The summed E-state index contributed by atoms with van der Waals surface area (Å²) in [5.74, 6) is -1.18. The van der Waals surface area contributed by atoms with Crippen molar-refractivity contribution in [1.29, 1.82) is 0 Å². The van der Waals surface area contributed by atoms with Crippen LogP contribution in [0.5, 0.6) is 0 Å². The predicted molar refractivity (Wildman–Crippen MR) is 202 cm³/mol. The number of allylic oxidation sites excluding steroid dienone is 2. The number of aliphatic hydroxyl groups excluding tert-OH is 9. The first-order valence-electron chi connectivity index (χ1n) is 21.2. The number of hydrogen-bond donors (Lipinski definition) is 9. The Morgan fingerprint density at radius 3 is 2.11 bits per heavy atom. The Morgan fingerprint density at radius 2 is 1.45 bits per heavy atom. The molecule has 19 atom stereocenters. The van der Waals surface area contributed by atoms with Crippen molar-refractivity contribution in [2.24, 2.45) is 56.2 Å². The van der Waals surface area contributed by atoms with E-state index in [1.807, 2.05) is 0 Å². The Hall–Kier alpha value is -1.23. The fourth-order valence-electron chi connectivity index (χ4n) is 14.1. The number of ether oxygens (including phenoxy) is 3. The van der Waals surface area contributed by atoms with Crippen molar-refractivity contribution in [1.82, 2.24) is 0 Å². The number of carbonyl (C=O) groups excluding carboxylic acids is 1. The molecule has 6 aliphatic carbocycles. The Bertz CT molecular complexity index is 1510. The van der Waals surface area contributed by atoms with Crippen LogP contribution >= 0.6 is 0 Å². The fourth-order valence-corrected chi connectivity index (χ4v) is 14.1. The molecule has 13 heteroatoms. The molecule has 320 valence electrons. The summed E-state index contributed by atoms with van der Waals surface area (Å²) >= 11 is 0. The molecule has 13 nitrogen and oxygen atoms in total. The van der Waals surface area contributed by atoms with Crippen LogP contribution in [0.4, 0.5) is 0 Å². The summed E-state index contributed by atoms with van der Waals surface area (Å²) in [5.41, 5.74) is -1.29. The van der Waals surface area contributed by atoms with Gasteiger partial charge in [-0.25, -0.2) is 0 Å². The first-order valence-corrected chi connectivity index (χ1v) is 21.2. The van der Waals surface area contributed by atoms with E-state index in [1.165, 1.54) is 5.57 Å². The van der Waals surface area contributed by atoms with Gasteiger partial charge in [-0.1, -0.05) is 60.1 Å². The van der Waals surface area contributed by atoms with Gasteiger partial charge in [0.2, 0.25) is 0 Å². The van der Waals surface area contributed by atoms with Crippen molar-refractivity contribution in [3.63, 3.8) is 0 Å². The summed E-state index contributed by atoms with van der Waals surface area (Å²) in [4.78, 5) is 14.7. The summed E-state index contributed by atoms with van der Waals surface area (Å²) in [6.45, 7) is 15.0. The molecule has 56 heavy (non-hydrogen) atoms. The second-order valence-electron chi connectivity index (χ2n) is 21.3. The molecule has 5 saturated carbocycles. The average molecular weight is 795 g/mol. The molecule has 0 unspecified atom stereocenters. The van der Waals surface area contributed by atoms with Crippen LogP contribution in [0.3, 0.4) is 0 Å². The maximum Gasteiger partial charge on any atom is 0.315 e. The van der Waals surface area contributed by atoms with Crippen LogP contribution in [-0.4, -0.2) is 132 Å². The Balaban J connectivity index is 1.18. The molecule has 0 aromatic heterocycles. The zero-order valence-electron chi connectivity index (χ0n) is 34.4. The molecule has 0 bridgehead atoms. The van der Waals surface area contributed by atoms with Crippen molar-refractivity contribution in [3.8, 4) is 0 Å². The number of rotatable bonds is 6. The minimum Gasteiger partial charge on any atom is -0.459 e. The number of hydrogen-bond acceptors (Lipinski definition) is 13. The third-order valence-electron chi connectivity index (χ3n) is 17.7. The van der Waals surface area contributed by atoms with E-state index in [0.29, 0.717) is 32.1 Å². The van der Waals surface area contributed by atoms with Gasteiger partial charge in [-0.2, -0.15) is 0 Å². The number of carbonyl (C=O) groups is 1. The lowest BCUT2D eigenvalue weighted by atomic mass is 9.33. The SMILES string of the molecule is CC1(C)CC[C@]2(C(=O)O[C@@H]3C[C@H](CO)[C@@H](O)[C@H](O)[C@H]3O)[C@H](O)C[C@]3(C)C(=CC[C@@H]4[C@@]5(C)CC[C@H](O[C@@H]6O[C@H](CO)[C@@H](O)[C@H](O)[C@H]6O)C(C)(C)[C@@H]5CC[C@]43C)[C@@H]2C1. The molecule has 0 amide bonds. The molecule has 7 rings (SSSR count). The van der Waals surface area contributed by atoms with Crippen molar-refractivity contribution >= 4 is 5.97 Å². The van der Waals surface area contributed by atoms with Gasteiger partial charge in [0.25, 0.3) is 0 Å². The normalized spacial score (nSPS) is 53.7. The highest BCUT2D eigenvalue weighted by molar-refractivity contribution is 5.80. The topological polar surface area (TPSA) is 227 Å². The van der Waals surface area contributed by atoms with Crippen LogP contribution in [0.1, 0.15) is 113 Å². The highest BCUT2D eigenvalue weighted by atomic mass is 16.7. The van der Waals surface area contributed by atoms with Gasteiger partial charge in [-0.3, -0.25) is 4.79 Å². The third kappa shape index (κ3) is 6.14. The molecular weight excluding hydrogens is 724 g/mol. The predicted octanol–water partition coefficient (Wildman–Crippen LogP) is 1.95. The second-order valence-corrected chi connectivity index (χ2v) is 21.3. The van der Waals surface area contributed by atoms with Gasteiger partial charge in [0.05, 0.1) is 24.9 Å². The Labute approximate surface area is 331 Å². The van der Waals surface area contributed by atoms with Crippen molar-refractivity contribution in [2.75, 3.05) is 13.2 Å². The fraction of sp³-hybridized carbons (Fsp3) is 0.930. The summed E-state index contributed by atoms with van der Waals surface area (Å²) < 4.78 is 18.4. The van der Waals surface area contributed by atoms with Crippen LogP contribution in [0.2, 0.25) is 0 Å². The molecule has 6 fully saturated rings. The lowest BCUT2D eigenvalue weighted by Crippen LogP contribution is -2.68. The number of aliphatic hydroxyl groups is 9. The Kier molecular flexibility index (Phi) is 11.1. The van der Waals surface area contributed by atoms with E-state index in [2.05, 4.69) is 54.5 Å². The smallest absolute Gasteiger partial charge is 0.315 e. The quantitative estimate of drug-likeness (QED) is 0.107. The van der Waals surface area contributed by atoms with Crippen LogP contribution < -0.4 is 0 Å². The standard InChI is InChI=1S/C43H70O13/c1-38(2)14-15-43(37(53)55-24-16-21(19-44)30(47)33(50)31(24)48)23(17-38)22-8-9-27-40(5)12-11-29(56-36-35(52)34(51)32(49)25(20-45)54-36)39(3,4)26(40)10-13-41(27,6)42(22,7)18-28(43)46/h8,21,23-36,44-52H,9-20H2,1-7H3/t21-,23+,24-,25-,26+,27-,28-,29+,30-,31+,32-,33+,34+,35-,36+,40+,41-,42-,43-/m1/s1. The van der Waals surface area contributed by atoms with Crippen LogP contribution in [0.25, 0.3) is 0 Å². The van der Waals surface area contributed by atoms with E-state index in [9.17, 15) is 50.8 Å². The van der Waals surface area contributed by atoms with Gasteiger partial charge in [0.1, 0.15) is 48.1 Å². The number of esters is 1. The van der Waals surface area contributed by atoms with Gasteiger partial charge in [-0.15, -0.1) is 0 Å². The maximum absolute atomic E-state index is 14.7. The van der Waals surface area contributed by atoms with Gasteiger partial charge < -0.3 is 60.2 Å². The monoisotopic (exact) mass is 794 g/mol. The highest BCUT2D eigenvalue weighted by Gasteiger charge is 2.72. The van der Waals surface area contributed by atoms with E-state index in [0.717, 1.165) is 25.7 Å². The molecule has 0 aromatic rings. The first kappa shape index (κ1) is 42.9. The summed E-state index contributed by atoms with van der Waals surface area (Å²) in [6, 6.07) is 0. The van der Waals surface area contributed by atoms with Crippen molar-refractivity contribution in [3.05, 3.63) is 11.6 Å². The highest BCUT2D eigenvalue weighted by Crippen LogP contribution is 2.76. The second kappa shape index (κ2) is 14.5. The van der Waals surface area contributed by atoms with Gasteiger partial charge in [0, 0.05) is 12.5 Å². The molecule has 0 spiro atoms. The Morgan fingerprint density at radius 1 is 0.768 bits per heavy atom. The van der Waals surface area contributed by atoms with Gasteiger partial charge in [0.15, 0.2) is 6.29 Å². The third-order valence-corrected chi connectivity index (χ3v) is 17.7. The molecule has 1 saturated heterocycles. The summed E-state index contributed by atoms with van der Waals surface area (Å²) in [6.07, 6.45) is -4.94. The zero-order valence-corrected chi connectivity index (χ0v) is 34.4. The van der Waals surface area contributed by atoms with E-state index >= 15 is 0 Å². The van der Waals surface area contributed by atoms with E-state index in [1.54, 1.807) is 0 Å². The first-order chi connectivity index (χ1) is 26.0. The van der Waals surface area contributed by atoms with Crippen molar-refractivity contribution < 1.29 is 65.0 Å². The average Bonchev–Trinajstić information content (AvgIpc) is 3.13. The summed E-state index contributed by atoms with van der Waals surface area (Å²) in [7, 11) is 0. The molecular formula is C43H70O13.